The predicted octanol–water partition coefficient (Wildman–Crippen LogP) is 6.51. The Morgan fingerprint density at radius 2 is 1.26 bits per heavy atom. The first-order valence-electron chi connectivity index (χ1n) is 11.1. The molecule has 0 atom stereocenters. The highest BCUT2D eigenvalue weighted by Gasteiger charge is 2.31. The van der Waals surface area contributed by atoms with Crippen molar-refractivity contribution in [1.29, 1.82) is 21.0 Å². The Morgan fingerprint density at radius 1 is 0.714 bits per heavy atom. The van der Waals surface area contributed by atoms with Crippen LogP contribution < -0.4 is 0 Å². The first-order valence-corrected chi connectivity index (χ1v) is 11.1. The normalized spacial score (nSPS) is 12.0. The fraction of sp³-hybridized carbons (Fsp3) is 0.0667. The molecule has 4 aromatic rings. The Hall–Kier alpha value is -5.36. The number of hydrogen-bond acceptors (Lipinski definition) is 4. The second-order valence-electron chi connectivity index (χ2n) is 8.09. The Balaban J connectivity index is 1.86. The van der Waals surface area contributed by atoms with Gasteiger partial charge in [-0.25, -0.2) is 0 Å². The topological polar surface area (TPSA) is 100 Å². The van der Waals surface area contributed by atoms with E-state index < -0.39 is 0 Å². The first kappa shape index (κ1) is 21.5. The number of hydrogen-bond donors (Lipinski definition) is 0. The summed E-state index contributed by atoms with van der Waals surface area (Å²) in [6.07, 6.45) is 1.87. The number of nitriles is 4. The van der Waals surface area contributed by atoms with E-state index in [1.54, 1.807) is 0 Å². The molecule has 1 heterocycles. The van der Waals surface area contributed by atoms with Crippen LogP contribution in [0.15, 0.2) is 83.4 Å². The third-order valence-electron chi connectivity index (χ3n) is 6.38. The summed E-state index contributed by atoms with van der Waals surface area (Å²) in [5.41, 5.74) is 5.74. The van der Waals surface area contributed by atoms with Gasteiger partial charge in [0.2, 0.25) is 0 Å². The van der Waals surface area contributed by atoms with Gasteiger partial charge in [-0.05, 0) is 53.5 Å². The van der Waals surface area contributed by atoms with Crippen molar-refractivity contribution >= 4 is 39.0 Å². The maximum absolute atomic E-state index is 9.72. The molecule has 0 N–H and O–H groups in total. The zero-order chi connectivity index (χ0) is 24.5. The van der Waals surface area contributed by atoms with Crippen molar-refractivity contribution in [3.05, 3.63) is 100 Å². The number of fused-ring (bicyclic) bond motifs is 4. The second kappa shape index (κ2) is 8.53. The Morgan fingerprint density at radius 3 is 1.83 bits per heavy atom. The fourth-order valence-corrected chi connectivity index (χ4v) is 4.96. The number of allylic oxidation sites excluding steroid dienone is 5. The van der Waals surface area contributed by atoms with E-state index in [9.17, 15) is 21.0 Å². The minimum absolute atomic E-state index is 0.0578. The summed E-state index contributed by atoms with van der Waals surface area (Å²) in [4.78, 5) is 0. The van der Waals surface area contributed by atoms with Crippen LogP contribution >= 0.6 is 0 Å². The summed E-state index contributed by atoms with van der Waals surface area (Å²) in [7, 11) is 0. The van der Waals surface area contributed by atoms with Crippen molar-refractivity contribution in [1.82, 2.24) is 4.57 Å². The zero-order valence-corrected chi connectivity index (χ0v) is 18.9. The average molecular weight is 448 g/mol. The molecule has 0 spiro atoms. The highest BCUT2D eigenvalue weighted by Crippen LogP contribution is 2.48. The van der Waals surface area contributed by atoms with Crippen LogP contribution in [0.4, 0.5) is 0 Å². The van der Waals surface area contributed by atoms with E-state index >= 15 is 0 Å². The van der Waals surface area contributed by atoms with Crippen LogP contribution in [0, 0.1) is 45.3 Å². The number of nitrogens with zero attached hydrogens (tertiary/aromatic N) is 5. The zero-order valence-electron chi connectivity index (χ0n) is 18.9. The largest absolute Gasteiger partial charge is 0.341 e. The van der Waals surface area contributed by atoms with Gasteiger partial charge >= 0.3 is 0 Å². The third kappa shape index (κ3) is 3.20. The van der Waals surface area contributed by atoms with Crippen molar-refractivity contribution in [2.24, 2.45) is 0 Å². The van der Waals surface area contributed by atoms with Crippen LogP contribution in [-0.2, 0) is 6.54 Å². The molecule has 5 nitrogen and oxygen atoms in total. The van der Waals surface area contributed by atoms with Crippen molar-refractivity contribution in [3.63, 3.8) is 0 Å². The molecule has 0 bridgehead atoms. The smallest absolute Gasteiger partial charge is 0.138 e. The molecular formula is C30H17N5. The van der Waals surface area contributed by atoms with Gasteiger partial charge in [0.15, 0.2) is 0 Å². The van der Waals surface area contributed by atoms with E-state index in [2.05, 4.69) is 35.8 Å². The van der Waals surface area contributed by atoms with Crippen LogP contribution in [0.25, 0.3) is 39.0 Å². The SMILES string of the molecule is CCn1c2ccccc2c2cc(C=C3C(=C(C#N)C#N)c4ccccc4C3=C(C#N)C#N)ccc21. The molecule has 0 radical (unpaired) electrons. The molecule has 0 saturated carbocycles. The lowest BCUT2D eigenvalue weighted by molar-refractivity contribution is 0.827. The second-order valence-corrected chi connectivity index (χ2v) is 8.09. The molecule has 1 aliphatic carbocycles. The number of aryl methyl sites for hydroxylation is 1. The molecule has 3 aromatic carbocycles. The van der Waals surface area contributed by atoms with Crippen LogP contribution in [0.3, 0.4) is 0 Å². The summed E-state index contributed by atoms with van der Waals surface area (Å²) in [6, 6.07) is 29.6. The van der Waals surface area contributed by atoms with Crippen molar-refractivity contribution < 1.29 is 0 Å². The maximum Gasteiger partial charge on any atom is 0.138 e. The van der Waals surface area contributed by atoms with Crippen molar-refractivity contribution in [2.75, 3.05) is 0 Å². The Kier molecular flexibility index (Phi) is 5.24. The molecular weight excluding hydrogens is 430 g/mol. The van der Waals surface area contributed by atoms with Gasteiger partial charge in [-0.15, -0.1) is 0 Å². The van der Waals surface area contributed by atoms with Gasteiger partial charge in [-0.1, -0.05) is 48.5 Å². The summed E-state index contributed by atoms with van der Waals surface area (Å²) in [6.45, 7) is 2.95. The van der Waals surface area contributed by atoms with Crippen LogP contribution in [0.1, 0.15) is 23.6 Å². The summed E-state index contributed by atoms with van der Waals surface area (Å²) >= 11 is 0. The Bertz CT molecular complexity index is 1710. The van der Waals surface area contributed by atoms with E-state index in [-0.39, 0.29) is 11.1 Å². The van der Waals surface area contributed by atoms with Gasteiger partial charge < -0.3 is 4.57 Å². The van der Waals surface area contributed by atoms with Crippen molar-refractivity contribution in [2.45, 2.75) is 13.5 Å². The molecule has 35 heavy (non-hydrogen) atoms. The van der Waals surface area contributed by atoms with E-state index in [4.69, 9.17) is 0 Å². The molecule has 5 rings (SSSR count). The van der Waals surface area contributed by atoms with Gasteiger partial charge in [-0.2, -0.15) is 21.0 Å². The van der Waals surface area contributed by atoms with Gasteiger partial charge in [-0.3, -0.25) is 0 Å². The van der Waals surface area contributed by atoms with Gasteiger partial charge in [0, 0.05) is 39.5 Å². The lowest BCUT2D eigenvalue weighted by Gasteiger charge is -2.07. The number of aromatic nitrogens is 1. The van der Waals surface area contributed by atoms with Crippen LogP contribution in [-0.4, -0.2) is 4.57 Å². The highest BCUT2D eigenvalue weighted by atomic mass is 15.0. The monoisotopic (exact) mass is 447 g/mol. The fourth-order valence-electron chi connectivity index (χ4n) is 4.96. The average Bonchev–Trinajstić information content (AvgIpc) is 3.38. The van der Waals surface area contributed by atoms with Crippen LogP contribution in [0.2, 0.25) is 0 Å². The number of benzene rings is 3. The minimum Gasteiger partial charge on any atom is -0.341 e. The van der Waals surface area contributed by atoms with E-state index in [1.165, 1.54) is 0 Å². The first-order chi connectivity index (χ1) is 17.2. The molecule has 5 heteroatoms. The highest BCUT2D eigenvalue weighted by molar-refractivity contribution is 6.15. The lowest BCUT2D eigenvalue weighted by atomic mass is 9.94. The summed E-state index contributed by atoms with van der Waals surface area (Å²) < 4.78 is 2.26. The number of rotatable bonds is 2. The lowest BCUT2D eigenvalue weighted by Crippen LogP contribution is -1.93. The quantitative estimate of drug-likeness (QED) is 0.327. The van der Waals surface area contributed by atoms with Gasteiger partial charge in [0.05, 0.1) is 0 Å². The molecule has 0 saturated heterocycles. The molecule has 0 amide bonds. The third-order valence-corrected chi connectivity index (χ3v) is 6.38. The maximum atomic E-state index is 9.72. The standard InChI is InChI=1S/C30H17N5/c1-2-35-27-10-6-5-7-22(27)25-13-19(11-12-28(25)35)14-26-29(20(15-31)16-32)23-8-3-4-9-24(23)30(26)21(17-33)18-34/h3-14H,2H2,1H3. The summed E-state index contributed by atoms with van der Waals surface area (Å²) in [5, 5.41) is 41.1. The summed E-state index contributed by atoms with van der Waals surface area (Å²) in [5.74, 6) is 0. The van der Waals surface area contributed by atoms with Gasteiger partial charge in [0.1, 0.15) is 35.4 Å². The molecule has 1 aromatic heterocycles. The molecule has 162 valence electrons. The van der Waals surface area contributed by atoms with E-state index in [0.717, 1.165) is 33.9 Å². The van der Waals surface area contributed by atoms with Crippen LogP contribution in [0.5, 0.6) is 0 Å². The minimum atomic E-state index is -0.0578. The molecule has 1 aliphatic rings. The number of para-hydroxylation sites is 1. The molecule has 0 fully saturated rings. The molecule has 0 unspecified atom stereocenters. The Labute approximate surface area is 202 Å². The molecule has 0 aliphatic heterocycles. The van der Waals surface area contributed by atoms with E-state index in [0.29, 0.717) is 27.8 Å². The van der Waals surface area contributed by atoms with Gasteiger partial charge in [0.25, 0.3) is 0 Å². The predicted molar refractivity (Wildman–Crippen MR) is 136 cm³/mol. The van der Waals surface area contributed by atoms with Crippen molar-refractivity contribution in [3.8, 4) is 24.3 Å². The van der Waals surface area contributed by atoms with E-state index in [1.807, 2.05) is 72.8 Å².